The second-order valence-corrected chi connectivity index (χ2v) is 6.62. The third-order valence-electron chi connectivity index (χ3n) is 3.76. The topological polar surface area (TPSA) is 43.6 Å². The van der Waals surface area contributed by atoms with Gasteiger partial charge in [0.05, 0.1) is 0 Å². The summed E-state index contributed by atoms with van der Waals surface area (Å²) in [6, 6.07) is 13.8. The first-order chi connectivity index (χ1) is 10.9. The van der Waals surface area contributed by atoms with Gasteiger partial charge in [0.1, 0.15) is 12.3 Å². The number of carbonyl (C=O) groups excluding carboxylic acids is 1. The van der Waals surface area contributed by atoms with Crippen molar-refractivity contribution in [2.45, 2.75) is 32.8 Å². The minimum atomic E-state index is -0.409. The quantitative estimate of drug-likeness (QED) is 0.687. The van der Waals surface area contributed by atoms with Crippen LogP contribution in [0.1, 0.15) is 42.4 Å². The van der Waals surface area contributed by atoms with Gasteiger partial charge in [0.15, 0.2) is 5.69 Å². The van der Waals surface area contributed by atoms with Crippen LogP contribution in [0.15, 0.2) is 54.9 Å². The van der Waals surface area contributed by atoms with Gasteiger partial charge in [-0.2, -0.15) is 0 Å². The van der Waals surface area contributed by atoms with Crippen molar-refractivity contribution >= 4 is 11.6 Å². The Hall–Kier alpha value is -2.62. The zero-order valence-corrected chi connectivity index (χ0v) is 13.6. The van der Waals surface area contributed by atoms with E-state index in [0.29, 0.717) is 5.69 Å². The fourth-order valence-electron chi connectivity index (χ4n) is 2.36. The number of aromatic nitrogens is 2. The highest BCUT2D eigenvalue weighted by Crippen LogP contribution is 2.22. The van der Waals surface area contributed by atoms with Crippen molar-refractivity contribution in [1.29, 1.82) is 0 Å². The highest BCUT2D eigenvalue weighted by Gasteiger charge is 2.14. The lowest BCUT2D eigenvalue weighted by molar-refractivity contribution is 0.0466. The minimum absolute atomic E-state index is 0.117. The molecular weight excluding hydrogens is 288 g/mol. The van der Waals surface area contributed by atoms with E-state index < -0.39 is 5.97 Å². The fourth-order valence-corrected chi connectivity index (χ4v) is 2.36. The number of hydrogen-bond acceptors (Lipinski definition) is 3. The van der Waals surface area contributed by atoms with Crippen LogP contribution in [-0.2, 0) is 16.8 Å². The summed E-state index contributed by atoms with van der Waals surface area (Å²) in [7, 11) is 0. The van der Waals surface area contributed by atoms with Crippen molar-refractivity contribution in [2.24, 2.45) is 0 Å². The van der Waals surface area contributed by atoms with Crippen molar-refractivity contribution in [2.75, 3.05) is 0 Å². The monoisotopic (exact) mass is 308 g/mol. The van der Waals surface area contributed by atoms with Crippen LogP contribution in [0.4, 0.5) is 0 Å². The molecule has 118 valence electrons. The molecule has 0 aliphatic rings. The number of rotatable bonds is 3. The zero-order chi connectivity index (χ0) is 16.4. The second kappa shape index (κ2) is 5.88. The van der Waals surface area contributed by atoms with Gasteiger partial charge in [0, 0.05) is 12.4 Å². The molecule has 0 unspecified atom stereocenters. The Bertz CT molecular complexity index is 793. The molecule has 0 fully saturated rings. The Kier molecular flexibility index (Phi) is 3.90. The van der Waals surface area contributed by atoms with Gasteiger partial charge in [0.2, 0.25) is 0 Å². The third-order valence-corrected chi connectivity index (χ3v) is 3.76. The van der Waals surface area contributed by atoms with E-state index in [9.17, 15) is 4.79 Å². The molecule has 3 rings (SSSR count). The SMILES string of the molecule is CC(C)(C)c1ccc(COC(=O)c2cn3ccccc3n2)cc1. The molecule has 0 aliphatic heterocycles. The summed E-state index contributed by atoms with van der Waals surface area (Å²) in [6.07, 6.45) is 3.53. The van der Waals surface area contributed by atoms with Crippen LogP contribution in [0.2, 0.25) is 0 Å². The summed E-state index contributed by atoms with van der Waals surface area (Å²) in [4.78, 5) is 16.4. The molecule has 0 spiro atoms. The zero-order valence-electron chi connectivity index (χ0n) is 13.6. The molecule has 4 heteroatoms. The summed E-state index contributed by atoms with van der Waals surface area (Å²) in [6.45, 7) is 6.76. The molecule has 3 aromatic rings. The maximum absolute atomic E-state index is 12.1. The number of imidazole rings is 1. The average Bonchev–Trinajstić information content (AvgIpc) is 2.96. The molecule has 4 nitrogen and oxygen atoms in total. The Morgan fingerprint density at radius 1 is 1.13 bits per heavy atom. The molecule has 2 heterocycles. The number of hydrogen-bond donors (Lipinski definition) is 0. The summed E-state index contributed by atoms with van der Waals surface area (Å²) >= 11 is 0. The molecule has 0 N–H and O–H groups in total. The molecule has 0 atom stereocenters. The van der Waals surface area contributed by atoms with Gasteiger partial charge in [-0.25, -0.2) is 9.78 Å². The van der Waals surface area contributed by atoms with Crippen molar-refractivity contribution in [3.63, 3.8) is 0 Å². The van der Waals surface area contributed by atoms with Gasteiger partial charge in [-0.3, -0.25) is 0 Å². The average molecular weight is 308 g/mol. The maximum atomic E-state index is 12.1. The predicted octanol–water partition coefficient (Wildman–Crippen LogP) is 3.99. The van der Waals surface area contributed by atoms with Crippen molar-refractivity contribution in [3.8, 4) is 0 Å². The Balaban J connectivity index is 1.66. The van der Waals surface area contributed by atoms with E-state index in [1.807, 2.05) is 36.5 Å². The van der Waals surface area contributed by atoms with Gasteiger partial charge >= 0.3 is 5.97 Å². The first kappa shape index (κ1) is 15.3. The Morgan fingerprint density at radius 3 is 2.52 bits per heavy atom. The van der Waals surface area contributed by atoms with Gasteiger partial charge in [-0.1, -0.05) is 51.1 Å². The van der Waals surface area contributed by atoms with Crippen LogP contribution >= 0.6 is 0 Å². The van der Waals surface area contributed by atoms with E-state index in [1.54, 1.807) is 10.6 Å². The van der Waals surface area contributed by atoms with Crippen LogP contribution in [0, 0.1) is 0 Å². The van der Waals surface area contributed by atoms with Gasteiger partial charge in [-0.05, 0) is 28.7 Å². The fraction of sp³-hybridized carbons (Fsp3) is 0.263. The van der Waals surface area contributed by atoms with E-state index in [2.05, 4.69) is 37.9 Å². The second-order valence-electron chi connectivity index (χ2n) is 6.62. The van der Waals surface area contributed by atoms with E-state index in [-0.39, 0.29) is 12.0 Å². The van der Waals surface area contributed by atoms with E-state index in [1.165, 1.54) is 5.56 Å². The van der Waals surface area contributed by atoms with Crippen molar-refractivity contribution in [3.05, 3.63) is 71.7 Å². The van der Waals surface area contributed by atoms with Crippen LogP contribution < -0.4 is 0 Å². The minimum Gasteiger partial charge on any atom is -0.456 e. The number of carbonyl (C=O) groups is 1. The van der Waals surface area contributed by atoms with Gasteiger partial charge in [-0.15, -0.1) is 0 Å². The lowest BCUT2D eigenvalue weighted by atomic mass is 9.87. The number of benzene rings is 1. The molecule has 0 saturated carbocycles. The molecule has 0 amide bonds. The smallest absolute Gasteiger partial charge is 0.358 e. The standard InChI is InChI=1S/C19H20N2O2/c1-19(2,3)15-9-7-14(8-10-15)13-23-18(22)16-12-21-11-5-4-6-17(21)20-16/h4-12H,13H2,1-3H3. The van der Waals surface area contributed by atoms with E-state index in [4.69, 9.17) is 4.74 Å². The van der Waals surface area contributed by atoms with E-state index >= 15 is 0 Å². The van der Waals surface area contributed by atoms with Crippen LogP contribution in [0.3, 0.4) is 0 Å². The number of esters is 1. The Labute approximate surface area is 135 Å². The highest BCUT2D eigenvalue weighted by atomic mass is 16.5. The molecular formula is C19H20N2O2. The maximum Gasteiger partial charge on any atom is 0.358 e. The van der Waals surface area contributed by atoms with Crippen LogP contribution in [0.5, 0.6) is 0 Å². The molecule has 23 heavy (non-hydrogen) atoms. The van der Waals surface area contributed by atoms with Gasteiger partial charge < -0.3 is 9.14 Å². The summed E-state index contributed by atoms with van der Waals surface area (Å²) in [5.41, 5.74) is 3.39. The van der Waals surface area contributed by atoms with Crippen LogP contribution in [0.25, 0.3) is 5.65 Å². The molecule has 0 radical (unpaired) electrons. The Morgan fingerprint density at radius 2 is 1.87 bits per heavy atom. The number of nitrogens with zero attached hydrogens (tertiary/aromatic N) is 2. The number of pyridine rings is 1. The summed E-state index contributed by atoms with van der Waals surface area (Å²) in [5, 5.41) is 0. The molecule has 0 saturated heterocycles. The largest absolute Gasteiger partial charge is 0.456 e. The van der Waals surface area contributed by atoms with Crippen molar-refractivity contribution < 1.29 is 9.53 Å². The summed E-state index contributed by atoms with van der Waals surface area (Å²) in [5.74, 6) is -0.409. The first-order valence-corrected chi connectivity index (χ1v) is 7.64. The van der Waals surface area contributed by atoms with Gasteiger partial charge in [0.25, 0.3) is 0 Å². The lowest BCUT2D eigenvalue weighted by Gasteiger charge is -2.19. The molecule has 0 bridgehead atoms. The normalized spacial score (nSPS) is 11.6. The summed E-state index contributed by atoms with van der Waals surface area (Å²) < 4.78 is 7.15. The number of ether oxygens (including phenoxy) is 1. The van der Waals surface area contributed by atoms with Crippen molar-refractivity contribution in [1.82, 2.24) is 9.38 Å². The third kappa shape index (κ3) is 3.42. The number of fused-ring (bicyclic) bond motifs is 1. The highest BCUT2D eigenvalue weighted by molar-refractivity contribution is 5.87. The van der Waals surface area contributed by atoms with Crippen LogP contribution in [-0.4, -0.2) is 15.4 Å². The predicted molar refractivity (Wildman–Crippen MR) is 89.5 cm³/mol. The molecule has 2 aromatic heterocycles. The molecule has 0 aliphatic carbocycles. The lowest BCUT2D eigenvalue weighted by Crippen LogP contribution is -2.11. The van der Waals surface area contributed by atoms with E-state index in [0.717, 1.165) is 11.2 Å². The molecule has 1 aromatic carbocycles. The first-order valence-electron chi connectivity index (χ1n) is 7.64.